The third kappa shape index (κ3) is 6.12. The first kappa shape index (κ1) is 15.1. The second-order valence-electron chi connectivity index (χ2n) is 3.77. The van der Waals surface area contributed by atoms with Crippen LogP contribution >= 0.6 is 15.9 Å². The van der Waals surface area contributed by atoms with Gasteiger partial charge in [-0.3, -0.25) is 4.79 Å². The van der Waals surface area contributed by atoms with Crippen molar-refractivity contribution < 1.29 is 13.9 Å². The van der Waals surface area contributed by atoms with Gasteiger partial charge in [-0.2, -0.15) is 0 Å². The second-order valence-corrected chi connectivity index (χ2v) is 4.57. The van der Waals surface area contributed by atoms with Crippen molar-refractivity contribution in [3.63, 3.8) is 0 Å². The number of halogens is 2. The molecule has 1 aromatic carbocycles. The maximum atomic E-state index is 13.3. The second kappa shape index (κ2) is 9.05. The predicted molar refractivity (Wildman–Crippen MR) is 72.3 cm³/mol. The Bertz CT molecular complexity index is 374. The van der Waals surface area contributed by atoms with Gasteiger partial charge in [-0.1, -0.05) is 34.1 Å². The quantitative estimate of drug-likeness (QED) is 0.590. The van der Waals surface area contributed by atoms with Gasteiger partial charge in [0, 0.05) is 18.5 Å². The Morgan fingerprint density at radius 2 is 2.11 bits per heavy atom. The third-order valence-electron chi connectivity index (χ3n) is 2.32. The Morgan fingerprint density at radius 1 is 1.33 bits per heavy atom. The van der Waals surface area contributed by atoms with E-state index in [1.165, 1.54) is 6.07 Å². The molecule has 1 rings (SSSR count). The average Bonchev–Trinajstić information content (AvgIpc) is 2.36. The number of amides is 1. The molecule has 0 unspecified atom stereocenters. The molecule has 0 aliphatic heterocycles. The number of carbonyl (C=O) groups is 1. The lowest BCUT2D eigenvalue weighted by molar-refractivity contribution is -0.120. The highest BCUT2D eigenvalue weighted by Crippen LogP contribution is 2.06. The SMILES string of the molecule is O=C(Cc1ccccc1F)NCCCOCCBr. The maximum Gasteiger partial charge on any atom is 0.224 e. The maximum absolute atomic E-state index is 13.3. The van der Waals surface area contributed by atoms with E-state index in [9.17, 15) is 9.18 Å². The van der Waals surface area contributed by atoms with Crippen LogP contribution in [0.5, 0.6) is 0 Å². The molecule has 0 fully saturated rings. The van der Waals surface area contributed by atoms with E-state index in [-0.39, 0.29) is 18.1 Å². The van der Waals surface area contributed by atoms with Crippen molar-refractivity contribution in [3.8, 4) is 0 Å². The van der Waals surface area contributed by atoms with Crippen molar-refractivity contribution >= 4 is 21.8 Å². The summed E-state index contributed by atoms with van der Waals surface area (Å²) < 4.78 is 18.5. The highest BCUT2D eigenvalue weighted by atomic mass is 79.9. The molecule has 0 radical (unpaired) electrons. The monoisotopic (exact) mass is 317 g/mol. The third-order valence-corrected chi connectivity index (χ3v) is 2.64. The normalized spacial score (nSPS) is 10.3. The van der Waals surface area contributed by atoms with E-state index in [1.54, 1.807) is 18.2 Å². The zero-order chi connectivity index (χ0) is 13.2. The summed E-state index contributed by atoms with van der Waals surface area (Å²) in [5.41, 5.74) is 0.422. The van der Waals surface area contributed by atoms with Gasteiger partial charge < -0.3 is 10.1 Å². The molecule has 3 nitrogen and oxygen atoms in total. The first-order valence-corrected chi connectivity index (χ1v) is 7.00. The van der Waals surface area contributed by atoms with Gasteiger partial charge >= 0.3 is 0 Å². The van der Waals surface area contributed by atoms with Gasteiger partial charge in [0.1, 0.15) is 5.82 Å². The van der Waals surface area contributed by atoms with E-state index in [1.807, 2.05) is 0 Å². The molecule has 0 bridgehead atoms. The van der Waals surface area contributed by atoms with Gasteiger partial charge in [-0.05, 0) is 18.1 Å². The zero-order valence-corrected chi connectivity index (χ0v) is 11.7. The van der Waals surface area contributed by atoms with Crippen LogP contribution in [0.15, 0.2) is 24.3 Å². The summed E-state index contributed by atoms with van der Waals surface area (Å²) >= 11 is 3.26. The fourth-order valence-electron chi connectivity index (χ4n) is 1.44. The van der Waals surface area contributed by atoms with Crippen LogP contribution in [0.25, 0.3) is 0 Å². The summed E-state index contributed by atoms with van der Waals surface area (Å²) in [6.07, 6.45) is 0.838. The van der Waals surface area contributed by atoms with Gasteiger partial charge in [0.2, 0.25) is 5.91 Å². The first-order chi connectivity index (χ1) is 8.74. The number of hydrogen-bond donors (Lipinski definition) is 1. The summed E-state index contributed by atoms with van der Waals surface area (Å²) in [6, 6.07) is 6.31. The van der Waals surface area contributed by atoms with Crippen molar-refractivity contribution in [1.82, 2.24) is 5.32 Å². The average molecular weight is 318 g/mol. The van der Waals surface area contributed by atoms with Crippen LogP contribution in [0.2, 0.25) is 0 Å². The summed E-state index contributed by atoms with van der Waals surface area (Å²) in [4.78, 5) is 11.5. The molecule has 1 aromatic rings. The lowest BCUT2D eigenvalue weighted by atomic mass is 10.1. The van der Waals surface area contributed by atoms with Crippen LogP contribution in [0.3, 0.4) is 0 Å². The molecule has 1 amide bonds. The minimum absolute atomic E-state index is 0.0783. The number of rotatable bonds is 8. The predicted octanol–water partition coefficient (Wildman–Crippen LogP) is 2.29. The Balaban J connectivity index is 2.16. The molecule has 0 atom stereocenters. The van der Waals surface area contributed by atoms with Crippen LogP contribution in [0, 0.1) is 5.82 Å². The summed E-state index contributed by atoms with van der Waals surface area (Å²) in [5, 5.41) is 3.55. The van der Waals surface area contributed by atoms with Crippen LogP contribution in [-0.2, 0) is 16.0 Å². The van der Waals surface area contributed by atoms with Gasteiger partial charge in [0.15, 0.2) is 0 Å². The number of carbonyl (C=O) groups excluding carboxylic acids is 1. The minimum atomic E-state index is -0.340. The smallest absolute Gasteiger partial charge is 0.224 e. The molecular formula is C13H17BrFNO2. The standard InChI is InChI=1S/C13H17BrFNO2/c14-6-9-18-8-3-7-16-13(17)10-11-4-1-2-5-12(11)15/h1-2,4-5H,3,6-10H2,(H,16,17). The van der Waals surface area contributed by atoms with E-state index in [4.69, 9.17) is 4.74 Å². The van der Waals surface area contributed by atoms with Crippen molar-refractivity contribution in [3.05, 3.63) is 35.6 Å². The van der Waals surface area contributed by atoms with Gasteiger partial charge in [0.25, 0.3) is 0 Å². The Kier molecular flexibility index (Phi) is 7.60. The van der Waals surface area contributed by atoms with E-state index < -0.39 is 0 Å². The molecule has 1 N–H and O–H groups in total. The topological polar surface area (TPSA) is 38.3 Å². The highest BCUT2D eigenvalue weighted by molar-refractivity contribution is 9.09. The first-order valence-electron chi connectivity index (χ1n) is 5.88. The van der Waals surface area contributed by atoms with E-state index >= 15 is 0 Å². The van der Waals surface area contributed by atoms with Gasteiger partial charge in [-0.15, -0.1) is 0 Å². The molecule has 0 saturated carbocycles. The van der Waals surface area contributed by atoms with Crippen molar-refractivity contribution in [1.29, 1.82) is 0 Å². The summed E-state index contributed by atoms with van der Waals surface area (Å²) in [7, 11) is 0. The van der Waals surface area contributed by atoms with E-state index in [2.05, 4.69) is 21.2 Å². The van der Waals surface area contributed by atoms with Crippen molar-refractivity contribution in [2.45, 2.75) is 12.8 Å². The highest BCUT2D eigenvalue weighted by Gasteiger charge is 2.06. The summed E-state index contributed by atoms with van der Waals surface area (Å²) in [6.45, 7) is 1.84. The molecule has 0 saturated heterocycles. The van der Waals surface area contributed by atoms with Crippen molar-refractivity contribution in [2.75, 3.05) is 25.1 Å². The molecule has 0 aliphatic carbocycles. The lowest BCUT2D eigenvalue weighted by Gasteiger charge is -2.06. The lowest BCUT2D eigenvalue weighted by Crippen LogP contribution is -2.27. The van der Waals surface area contributed by atoms with Crippen LogP contribution in [-0.4, -0.2) is 31.0 Å². The van der Waals surface area contributed by atoms with Crippen LogP contribution in [0.4, 0.5) is 4.39 Å². The van der Waals surface area contributed by atoms with Crippen molar-refractivity contribution in [2.24, 2.45) is 0 Å². The minimum Gasteiger partial charge on any atom is -0.381 e. The number of nitrogens with one attached hydrogen (secondary N) is 1. The molecule has 0 aromatic heterocycles. The molecule has 5 heteroatoms. The Hall–Kier alpha value is -0.940. The molecule has 0 spiro atoms. The van der Waals surface area contributed by atoms with E-state index in [0.29, 0.717) is 25.3 Å². The van der Waals surface area contributed by atoms with Gasteiger partial charge in [0.05, 0.1) is 13.0 Å². The van der Waals surface area contributed by atoms with Crippen LogP contribution in [0.1, 0.15) is 12.0 Å². The molecule has 0 aliphatic rings. The number of alkyl halides is 1. The Morgan fingerprint density at radius 3 is 2.83 bits per heavy atom. The Labute approximate surface area is 115 Å². The molecule has 100 valence electrons. The fourth-order valence-corrected chi connectivity index (χ4v) is 1.66. The molecular weight excluding hydrogens is 301 g/mol. The number of ether oxygens (including phenoxy) is 1. The van der Waals surface area contributed by atoms with Crippen LogP contribution < -0.4 is 5.32 Å². The van der Waals surface area contributed by atoms with E-state index in [0.717, 1.165) is 11.8 Å². The molecule has 18 heavy (non-hydrogen) atoms. The number of hydrogen-bond acceptors (Lipinski definition) is 2. The van der Waals surface area contributed by atoms with Gasteiger partial charge in [-0.25, -0.2) is 4.39 Å². The largest absolute Gasteiger partial charge is 0.381 e. The number of benzene rings is 1. The molecule has 0 heterocycles. The zero-order valence-electron chi connectivity index (χ0n) is 10.1. The fraction of sp³-hybridized carbons (Fsp3) is 0.462. The summed E-state index contributed by atoms with van der Waals surface area (Å²) in [5.74, 6) is -0.506.